The summed E-state index contributed by atoms with van der Waals surface area (Å²) in [4.78, 5) is 26.7. The van der Waals surface area contributed by atoms with Crippen molar-refractivity contribution in [2.45, 2.75) is 82.3 Å². The number of hydrogen-bond donors (Lipinski definition) is 2. The van der Waals surface area contributed by atoms with Crippen LogP contribution < -0.4 is 10.6 Å². The van der Waals surface area contributed by atoms with Gasteiger partial charge in [-0.3, -0.25) is 9.59 Å². The Kier molecular flexibility index (Phi) is 8.39. The fraction of sp³-hybridized carbons (Fsp3) is 0.704. The summed E-state index contributed by atoms with van der Waals surface area (Å²) in [7, 11) is 0. The van der Waals surface area contributed by atoms with Crippen molar-refractivity contribution in [2.24, 2.45) is 11.8 Å². The largest absolute Gasteiger partial charge is 0.376 e. The molecule has 1 amide bonds. The van der Waals surface area contributed by atoms with Crippen molar-refractivity contribution in [1.29, 1.82) is 0 Å². The van der Waals surface area contributed by atoms with Crippen molar-refractivity contribution >= 4 is 23.5 Å². The third-order valence-electron chi connectivity index (χ3n) is 7.87. The van der Waals surface area contributed by atoms with Crippen LogP contribution in [0.5, 0.6) is 0 Å². The van der Waals surface area contributed by atoms with Crippen molar-refractivity contribution in [2.75, 3.05) is 24.7 Å². The molecular weight excluding hydrogens is 432 g/mol. The van der Waals surface area contributed by atoms with E-state index in [1.165, 1.54) is 19.3 Å². The molecule has 3 aliphatic carbocycles. The van der Waals surface area contributed by atoms with E-state index >= 15 is 0 Å². The highest BCUT2D eigenvalue weighted by Crippen LogP contribution is 2.40. The molecule has 5 rings (SSSR count). The number of fused-ring (bicyclic) bond motifs is 8. The summed E-state index contributed by atoms with van der Waals surface area (Å²) in [6.45, 7) is 3.51. The number of carbonyl (C=O) groups excluding carboxylic acids is 2. The lowest BCUT2D eigenvalue weighted by atomic mass is 9.71. The number of hydrogen-bond acceptors (Lipinski definition) is 5. The third kappa shape index (κ3) is 6.13. The summed E-state index contributed by atoms with van der Waals surface area (Å²) in [5, 5.41) is 6.72. The Hall–Kier alpha value is -1.53. The molecular formula is C27H40N2O3S. The van der Waals surface area contributed by atoms with Gasteiger partial charge in [-0.1, -0.05) is 44.1 Å². The SMILES string of the molecule is CC1CC/C=C\C(COC23CCC(NC4=CC=CC4)(CC2)C(=O)CSCCNC3=O)CCC1. The topological polar surface area (TPSA) is 67.4 Å². The number of nitrogens with one attached hydrogen (secondary N) is 2. The lowest BCUT2D eigenvalue weighted by molar-refractivity contribution is -0.158. The van der Waals surface area contributed by atoms with E-state index in [1.807, 2.05) is 6.08 Å². The molecule has 2 unspecified atom stereocenters. The molecule has 0 aromatic carbocycles. The molecule has 1 saturated carbocycles. The molecule has 5 aliphatic rings. The molecule has 0 aromatic rings. The van der Waals surface area contributed by atoms with Crippen molar-refractivity contribution in [1.82, 2.24) is 10.6 Å². The minimum absolute atomic E-state index is 0.00784. The van der Waals surface area contributed by atoms with Crippen LogP contribution in [0.3, 0.4) is 0 Å². The molecule has 182 valence electrons. The first-order valence-electron chi connectivity index (χ1n) is 12.9. The van der Waals surface area contributed by atoms with Gasteiger partial charge in [-0.2, -0.15) is 11.8 Å². The fourth-order valence-electron chi connectivity index (χ4n) is 5.58. The Morgan fingerprint density at radius 2 is 2.00 bits per heavy atom. The molecule has 5 nitrogen and oxygen atoms in total. The number of ketones is 1. The molecule has 2 N–H and O–H groups in total. The summed E-state index contributed by atoms with van der Waals surface area (Å²) in [5.41, 5.74) is -0.315. The summed E-state index contributed by atoms with van der Waals surface area (Å²) < 4.78 is 6.56. The lowest BCUT2D eigenvalue weighted by Crippen LogP contribution is -2.60. The van der Waals surface area contributed by atoms with Gasteiger partial charge < -0.3 is 15.4 Å². The van der Waals surface area contributed by atoms with E-state index in [0.717, 1.165) is 36.6 Å². The second-order valence-corrected chi connectivity index (χ2v) is 11.5. The highest BCUT2D eigenvalue weighted by Gasteiger charge is 2.51. The summed E-state index contributed by atoms with van der Waals surface area (Å²) >= 11 is 1.62. The minimum Gasteiger partial charge on any atom is -0.376 e. The Morgan fingerprint density at radius 3 is 2.79 bits per heavy atom. The first kappa shape index (κ1) is 24.6. The number of allylic oxidation sites excluding steroid dienone is 4. The summed E-state index contributed by atoms with van der Waals surface area (Å²) in [6.07, 6.45) is 20.1. The standard InChI is InChI=1S/C27H40N2O3S/c1-21-7-2-3-9-22(10-6-8-21)19-32-27-15-13-26(14-16-27,29-23-11-4-5-12-23)24(30)20-33-18-17-28-25(27)31/h3-5,9,11,21-22,29H,2,6-8,10,12-20H2,1H3,(H,28,31)/b9-3-. The monoisotopic (exact) mass is 472 g/mol. The molecule has 2 aliphatic heterocycles. The zero-order valence-electron chi connectivity index (χ0n) is 20.1. The molecule has 0 spiro atoms. The van der Waals surface area contributed by atoms with Gasteiger partial charge in [0.25, 0.3) is 5.91 Å². The molecule has 33 heavy (non-hydrogen) atoms. The van der Waals surface area contributed by atoms with Gasteiger partial charge in [0.15, 0.2) is 5.78 Å². The van der Waals surface area contributed by atoms with E-state index in [1.54, 1.807) is 11.8 Å². The molecule has 0 aromatic heterocycles. The third-order valence-corrected chi connectivity index (χ3v) is 8.83. The molecule has 3 fully saturated rings. The first-order chi connectivity index (χ1) is 16.0. The molecule has 2 heterocycles. The Labute approximate surface area is 203 Å². The molecule has 6 heteroatoms. The van der Waals surface area contributed by atoms with Crippen LogP contribution in [0.2, 0.25) is 0 Å². The second kappa shape index (κ2) is 11.3. The van der Waals surface area contributed by atoms with Gasteiger partial charge >= 0.3 is 0 Å². The predicted molar refractivity (Wildman–Crippen MR) is 135 cm³/mol. The van der Waals surface area contributed by atoms with Gasteiger partial charge in [-0.05, 0) is 56.9 Å². The van der Waals surface area contributed by atoms with E-state index in [4.69, 9.17) is 4.74 Å². The van der Waals surface area contributed by atoms with E-state index in [2.05, 4.69) is 41.9 Å². The van der Waals surface area contributed by atoms with Crippen LogP contribution in [0.25, 0.3) is 0 Å². The number of rotatable bonds is 5. The zero-order chi connectivity index (χ0) is 23.2. The number of amides is 1. The van der Waals surface area contributed by atoms with Crippen molar-refractivity contribution in [3.05, 3.63) is 36.1 Å². The fourth-order valence-corrected chi connectivity index (χ4v) is 6.44. The average Bonchev–Trinajstić information content (AvgIpc) is 3.34. The van der Waals surface area contributed by atoms with Crippen LogP contribution in [-0.2, 0) is 14.3 Å². The van der Waals surface area contributed by atoms with Gasteiger partial charge in [0.1, 0.15) is 5.60 Å². The van der Waals surface area contributed by atoms with E-state index in [9.17, 15) is 9.59 Å². The maximum absolute atomic E-state index is 13.4. The quantitative estimate of drug-likeness (QED) is 0.568. The predicted octanol–water partition coefficient (Wildman–Crippen LogP) is 4.69. The van der Waals surface area contributed by atoms with Crippen molar-refractivity contribution in [3.8, 4) is 0 Å². The van der Waals surface area contributed by atoms with Crippen LogP contribution >= 0.6 is 11.8 Å². The smallest absolute Gasteiger partial charge is 0.252 e. The van der Waals surface area contributed by atoms with Crippen LogP contribution in [0.1, 0.15) is 71.1 Å². The van der Waals surface area contributed by atoms with Gasteiger partial charge in [-0.25, -0.2) is 0 Å². The highest BCUT2D eigenvalue weighted by atomic mass is 32.2. The Morgan fingerprint density at radius 1 is 1.15 bits per heavy atom. The van der Waals surface area contributed by atoms with E-state index in [-0.39, 0.29) is 11.7 Å². The summed E-state index contributed by atoms with van der Waals surface area (Å²) in [6, 6.07) is 0. The van der Waals surface area contributed by atoms with Crippen LogP contribution in [-0.4, -0.2) is 47.5 Å². The van der Waals surface area contributed by atoms with E-state index in [0.29, 0.717) is 50.5 Å². The normalized spacial score (nSPS) is 36.7. The number of ether oxygens (including phenoxy) is 1. The lowest BCUT2D eigenvalue weighted by Gasteiger charge is -2.45. The Balaban J connectivity index is 1.48. The van der Waals surface area contributed by atoms with Crippen LogP contribution in [0, 0.1) is 11.8 Å². The number of carbonyl (C=O) groups is 2. The molecule has 2 atom stereocenters. The van der Waals surface area contributed by atoms with Gasteiger partial charge in [0.05, 0.1) is 17.9 Å². The van der Waals surface area contributed by atoms with E-state index < -0.39 is 11.1 Å². The van der Waals surface area contributed by atoms with Gasteiger partial charge in [0, 0.05) is 30.3 Å². The van der Waals surface area contributed by atoms with Crippen molar-refractivity contribution < 1.29 is 14.3 Å². The Bertz CT molecular complexity index is 795. The van der Waals surface area contributed by atoms with Gasteiger partial charge in [0.2, 0.25) is 0 Å². The minimum atomic E-state index is -0.831. The molecule has 2 saturated heterocycles. The maximum atomic E-state index is 13.4. The maximum Gasteiger partial charge on any atom is 0.252 e. The van der Waals surface area contributed by atoms with Crippen molar-refractivity contribution in [3.63, 3.8) is 0 Å². The molecule has 0 radical (unpaired) electrons. The van der Waals surface area contributed by atoms with Crippen LogP contribution in [0.15, 0.2) is 36.1 Å². The van der Waals surface area contributed by atoms with Crippen LogP contribution in [0.4, 0.5) is 0 Å². The second-order valence-electron chi connectivity index (χ2n) is 10.4. The van der Waals surface area contributed by atoms with Gasteiger partial charge in [-0.15, -0.1) is 0 Å². The average molecular weight is 473 g/mol. The first-order valence-corrected chi connectivity index (χ1v) is 14.0. The number of Topliss-reactive ketones (excluding diaryl/α,β-unsaturated/α-hetero) is 1. The zero-order valence-corrected chi connectivity index (χ0v) is 20.9. The summed E-state index contributed by atoms with van der Waals surface area (Å²) in [5.74, 6) is 2.64. The highest BCUT2D eigenvalue weighted by molar-refractivity contribution is 7.99. The molecule has 2 bridgehead atoms. The number of thioether (sulfide) groups is 1.